The molecule has 0 aromatic rings. The summed E-state index contributed by atoms with van der Waals surface area (Å²) >= 11 is 0. The lowest BCUT2D eigenvalue weighted by Crippen LogP contribution is -2.59. The van der Waals surface area contributed by atoms with Crippen molar-refractivity contribution in [3.63, 3.8) is 0 Å². The highest BCUT2D eigenvalue weighted by Gasteiger charge is 2.48. The van der Waals surface area contributed by atoms with Gasteiger partial charge in [0.2, 0.25) is 0 Å². The number of ether oxygens (including phenoxy) is 3. The maximum atomic E-state index is 13.3. The molecule has 40 heavy (non-hydrogen) atoms. The van der Waals surface area contributed by atoms with Crippen molar-refractivity contribution in [1.29, 1.82) is 0 Å². The third-order valence-electron chi connectivity index (χ3n) is 9.17. The SMILES string of the molecule is CC[C@H]1OC(=O)[C@H](C)[C@@H](O)[C@H](C)[C@@H](O[C@H]2[CH][C@H](N(C)C)C[C@@H](C)O2)[C@@](C)(O)C[C@@H](C)CN(C)[C@H](C)[C@@H](O)[C@]1(C)O. The monoisotopic (exact) mass is 573 g/mol. The lowest BCUT2D eigenvalue weighted by molar-refractivity contribution is -0.249. The second-order valence-corrected chi connectivity index (χ2v) is 13.3. The van der Waals surface area contributed by atoms with E-state index in [-0.39, 0.29) is 24.5 Å². The zero-order chi connectivity index (χ0) is 30.7. The number of esters is 1. The summed E-state index contributed by atoms with van der Waals surface area (Å²) in [6.07, 6.45) is -1.68. The molecule has 0 amide bonds. The Morgan fingerprint density at radius 1 is 1.12 bits per heavy atom. The Kier molecular flexibility index (Phi) is 12.4. The fraction of sp³-hybridized carbons (Fsp3) is 0.933. The van der Waals surface area contributed by atoms with Crippen molar-refractivity contribution >= 4 is 5.97 Å². The van der Waals surface area contributed by atoms with Gasteiger partial charge in [-0.05, 0) is 80.9 Å². The molecule has 0 saturated carbocycles. The number of hydrogen-bond acceptors (Lipinski definition) is 10. The molecule has 2 saturated heterocycles. The molecule has 0 spiro atoms. The highest BCUT2D eigenvalue weighted by Crippen LogP contribution is 2.36. The van der Waals surface area contributed by atoms with Gasteiger partial charge in [-0.2, -0.15) is 0 Å². The van der Waals surface area contributed by atoms with Gasteiger partial charge in [0.05, 0.1) is 29.8 Å². The van der Waals surface area contributed by atoms with E-state index in [2.05, 4.69) is 4.90 Å². The number of hydrogen-bond donors (Lipinski definition) is 4. The number of aliphatic hydroxyl groups excluding tert-OH is 2. The lowest BCUT2D eigenvalue weighted by atomic mass is 9.78. The Bertz CT molecular complexity index is 809. The van der Waals surface area contributed by atoms with Crippen LogP contribution in [0.4, 0.5) is 0 Å². The van der Waals surface area contributed by atoms with Gasteiger partial charge < -0.3 is 44.4 Å². The molecule has 235 valence electrons. The molecule has 10 nitrogen and oxygen atoms in total. The molecule has 2 aliphatic heterocycles. The summed E-state index contributed by atoms with van der Waals surface area (Å²) < 4.78 is 18.3. The number of carbonyl (C=O) groups excluding carboxylic acids is 1. The van der Waals surface area contributed by atoms with E-state index >= 15 is 0 Å². The molecule has 1 radical (unpaired) electrons. The van der Waals surface area contributed by atoms with Crippen molar-refractivity contribution in [2.45, 2.75) is 135 Å². The highest BCUT2D eigenvalue weighted by atomic mass is 16.7. The van der Waals surface area contributed by atoms with E-state index in [0.717, 1.165) is 6.42 Å². The second-order valence-electron chi connectivity index (χ2n) is 13.3. The Morgan fingerprint density at radius 2 is 1.73 bits per heavy atom. The van der Waals surface area contributed by atoms with E-state index in [1.54, 1.807) is 27.7 Å². The Morgan fingerprint density at radius 3 is 2.27 bits per heavy atom. The summed E-state index contributed by atoms with van der Waals surface area (Å²) in [5.74, 6) is -2.39. The van der Waals surface area contributed by atoms with Gasteiger partial charge in [0.15, 0.2) is 6.29 Å². The van der Waals surface area contributed by atoms with Crippen LogP contribution in [0.3, 0.4) is 0 Å². The minimum absolute atomic E-state index is 0.0397. The first-order valence-corrected chi connectivity index (χ1v) is 14.9. The topological polar surface area (TPSA) is 132 Å². The first kappa shape index (κ1) is 35.3. The van der Waals surface area contributed by atoms with Gasteiger partial charge in [-0.3, -0.25) is 4.79 Å². The normalized spacial score (nSPS) is 47.4. The Hall–Kier alpha value is -0.850. The molecule has 0 aromatic carbocycles. The maximum Gasteiger partial charge on any atom is 0.311 e. The van der Waals surface area contributed by atoms with Gasteiger partial charge in [-0.15, -0.1) is 0 Å². The molecular weight excluding hydrogens is 516 g/mol. The minimum Gasteiger partial charge on any atom is -0.459 e. The zero-order valence-electron chi connectivity index (χ0n) is 26.6. The van der Waals surface area contributed by atoms with Crippen LogP contribution < -0.4 is 0 Å². The average Bonchev–Trinajstić information content (AvgIpc) is 2.86. The summed E-state index contributed by atoms with van der Waals surface area (Å²) in [5.41, 5.74) is -3.11. The number of rotatable bonds is 4. The number of carbonyl (C=O) groups is 1. The molecule has 4 N–H and O–H groups in total. The van der Waals surface area contributed by atoms with E-state index in [0.29, 0.717) is 13.0 Å². The average molecular weight is 574 g/mol. The summed E-state index contributed by atoms with van der Waals surface area (Å²) in [7, 11) is 5.84. The van der Waals surface area contributed by atoms with Crippen molar-refractivity contribution in [3.05, 3.63) is 6.42 Å². The second kappa shape index (κ2) is 14.1. The van der Waals surface area contributed by atoms with Crippen LogP contribution in [-0.2, 0) is 19.0 Å². The van der Waals surface area contributed by atoms with E-state index in [1.807, 2.05) is 53.2 Å². The van der Waals surface area contributed by atoms with E-state index in [4.69, 9.17) is 14.2 Å². The van der Waals surface area contributed by atoms with Crippen LogP contribution in [0.1, 0.15) is 74.7 Å². The van der Waals surface area contributed by atoms with Gasteiger partial charge in [-0.1, -0.05) is 20.8 Å². The fourth-order valence-corrected chi connectivity index (χ4v) is 6.47. The molecular formula is C30H57N2O8. The Balaban J connectivity index is 2.48. The predicted octanol–water partition coefficient (Wildman–Crippen LogP) is 1.82. The van der Waals surface area contributed by atoms with E-state index < -0.39 is 65.8 Å². The number of cyclic esters (lactones) is 1. The van der Waals surface area contributed by atoms with Crippen LogP contribution in [0.15, 0.2) is 0 Å². The molecule has 2 aliphatic rings. The highest BCUT2D eigenvalue weighted by molar-refractivity contribution is 5.73. The molecule has 13 atom stereocenters. The maximum absolute atomic E-state index is 13.3. The molecule has 0 bridgehead atoms. The number of likely N-dealkylation sites (N-methyl/N-ethyl adjacent to an activating group) is 1. The van der Waals surface area contributed by atoms with Gasteiger partial charge in [-0.25, -0.2) is 0 Å². The minimum atomic E-state index is -1.72. The van der Waals surface area contributed by atoms with Crippen LogP contribution in [0, 0.1) is 24.2 Å². The summed E-state index contributed by atoms with van der Waals surface area (Å²) in [4.78, 5) is 17.3. The van der Waals surface area contributed by atoms with Crippen LogP contribution in [0.25, 0.3) is 0 Å². The number of aliphatic hydroxyl groups is 4. The van der Waals surface area contributed by atoms with Gasteiger partial charge in [0.1, 0.15) is 17.8 Å². The third kappa shape index (κ3) is 8.37. The third-order valence-corrected chi connectivity index (χ3v) is 9.17. The first-order valence-electron chi connectivity index (χ1n) is 14.9. The Labute approximate surface area is 242 Å². The molecule has 10 heteroatoms. The molecule has 0 aromatic heterocycles. The van der Waals surface area contributed by atoms with Crippen molar-refractivity contribution in [2.75, 3.05) is 27.7 Å². The van der Waals surface area contributed by atoms with Crippen molar-refractivity contribution in [1.82, 2.24) is 9.80 Å². The predicted molar refractivity (Wildman–Crippen MR) is 153 cm³/mol. The van der Waals surface area contributed by atoms with E-state index in [9.17, 15) is 25.2 Å². The van der Waals surface area contributed by atoms with Crippen molar-refractivity contribution in [2.24, 2.45) is 17.8 Å². The first-order chi connectivity index (χ1) is 18.3. The van der Waals surface area contributed by atoms with Crippen LogP contribution in [0.2, 0.25) is 0 Å². The van der Waals surface area contributed by atoms with Crippen molar-refractivity contribution < 1.29 is 39.4 Å². The van der Waals surface area contributed by atoms with E-state index in [1.165, 1.54) is 6.92 Å². The van der Waals surface area contributed by atoms with Crippen LogP contribution >= 0.6 is 0 Å². The van der Waals surface area contributed by atoms with Gasteiger partial charge in [0, 0.05) is 31.0 Å². The molecule has 0 aliphatic carbocycles. The summed E-state index contributed by atoms with van der Waals surface area (Å²) in [5, 5.41) is 45.8. The largest absolute Gasteiger partial charge is 0.459 e. The standard InChI is InChI=1S/C30H57N2O8/c1-12-23-30(8,37)26(34)21(6)32(11)16-17(2)15-29(7,36)27(19(4)25(33)20(5)28(35)39-23)40-24-14-22(31(9)10)13-18(3)38-24/h14,17-27,33-34,36-37H,12-13,15-16H2,1-11H3/t17-,18-,19+,20-,21-,22-,23-,24+,25+,26-,27-,29+,30-/m1/s1. The van der Waals surface area contributed by atoms with Gasteiger partial charge >= 0.3 is 5.97 Å². The zero-order valence-corrected chi connectivity index (χ0v) is 26.6. The molecule has 2 fully saturated rings. The quantitative estimate of drug-likeness (QED) is 0.369. The van der Waals surface area contributed by atoms with Crippen LogP contribution in [-0.4, -0.2) is 124 Å². The molecule has 2 rings (SSSR count). The molecule has 0 unspecified atom stereocenters. The lowest BCUT2D eigenvalue weighted by Gasteiger charge is -2.45. The summed E-state index contributed by atoms with van der Waals surface area (Å²) in [6.45, 7) is 14.6. The smallest absolute Gasteiger partial charge is 0.311 e. The van der Waals surface area contributed by atoms with Crippen molar-refractivity contribution in [3.8, 4) is 0 Å². The molecule has 2 heterocycles. The number of nitrogens with zero attached hydrogens (tertiary/aromatic N) is 2. The van der Waals surface area contributed by atoms with Crippen LogP contribution in [0.5, 0.6) is 0 Å². The fourth-order valence-electron chi connectivity index (χ4n) is 6.47. The van der Waals surface area contributed by atoms with Gasteiger partial charge in [0.25, 0.3) is 0 Å². The summed E-state index contributed by atoms with van der Waals surface area (Å²) in [6, 6.07) is -0.349.